The average molecular weight is 276 g/mol. The Morgan fingerprint density at radius 2 is 1.40 bits per heavy atom. The standard InChI is InChI=1S/C19H32O/c1-3-5-6-7-8-9-10-11-15-18-17(13-4-2)14-12-16-19(18)20/h12,14,16,20H,3-11,13,15H2,1-2H3. The van der Waals surface area contributed by atoms with Gasteiger partial charge >= 0.3 is 0 Å². The third-order valence-electron chi connectivity index (χ3n) is 4.05. The van der Waals surface area contributed by atoms with Crippen LogP contribution < -0.4 is 0 Å². The van der Waals surface area contributed by atoms with E-state index in [2.05, 4.69) is 19.9 Å². The lowest BCUT2D eigenvalue weighted by molar-refractivity contribution is 0.464. The average Bonchev–Trinajstić information content (AvgIpc) is 2.44. The lowest BCUT2D eigenvalue weighted by Crippen LogP contribution is -1.95. The number of benzene rings is 1. The second-order valence-corrected chi connectivity index (χ2v) is 5.89. The fourth-order valence-electron chi connectivity index (χ4n) is 2.85. The van der Waals surface area contributed by atoms with Gasteiger partial charge in [-0.25, -0.2) is 0 Å². The number of phenolic OH excluding ortho intramolecular Hbond substituents is 1. The number of unbranched alkanes of at least 4 members (excludes halogenated alkanes) is 7. The minimum Gasteiger partial charge on any atom is -0.508 e. The molecule has 0 aliphatic heterocycles. The van der Waals surface area contributed by atoms with Gasteiger partial charge in [0.25, 0.3) is 0 Å². The van der Waals surface area contributed by atoms with Crippen molar-refractivity contribution in [3.63, 3.8) is 0 Å². The summed E-state index contributed by atoms with van der Waals surface area (Å²) in [6.45, 7) is 4.46. The number of rotatable bonds is 11. The summed E-state index contributed by atoms with van der Waals surface area (Å²) in [5, 5.41) is 10.0. The molecule has 0 radical (unpaired) electrons. The van der Waals surface area contributed by atoms with Crippen molar-refractivity contribution in [2.24, 2.45) is 0 Å². The molecule has 0 atom stereocenters. The summed E-state index contributed by atoms with van der Waals surface area (Å²) in [4.78, 5) is 0. The van der Waals surface area contributed by atoms with Crippen molar-refractivity contribution in [2.75, 3.05) is 0 Å². The maximum Gasteiger partial charge on any atom is 0.119 e. The molecule has 0 spiro atoms. The Bertz CT molecular complexity index is 357. The summed E-state index contributed by atoms with van der Waals surface area (Å²) in [6.07, 6.45) is 14.0. The lowest BCUT2D eigenvalue weighted by Gasteiger charge is -2.10. The molecule has 0 amide bonds. The summed E-state index contributed by atoms with van der Waals surface area (Å²) < 4.78 is 0. The Morgan fingerprint density at radius 3 is 2.05 bits per heavy atom. The van der Waals surface area contributed by atoms with Crippen LogP contribution in [0.3, 0.4) is 0 Å². The summed E-state index contributed by atoms with van der Waals surface area (Å²) in [6, 6.07) is 5.97. The van der Waals surface area contributed by atoms with Gasteiger partial charge in [-0.15, -0.1) is 0 Å². The van der Waals surface area contributed by atoms with Gasteiger partial charge in [0.05, 0.1) is 0 Å². The van der Waals surface area contributed by atoms with E-state index in [1.54, 1.807) is 0 Å². The Balaban J connectivity index is 2.24. The monoisotopic (exact) mass is 276 g/mol. The van der Waals surface area contributed by atoms with E-state index in [1.807, 2.05) is 12.1 Å². The highest BCUT2D eigenvalue weighted by Gasteiger charge is 2.06. The highest BCUT2D eigenvalue weighted by atomic mass is 16.3. The maximum absolute atomic E-state index is 10.0. The van der Waals surface area contributed by atoms with Gasteiger partial charge in [-0.3, -0.25) is 0 Å². The smallest absolute Gasteiger partial charge is 0.119 e. The fraction of sp³-hybridized carbons (Fsp3) is 0.684. The highest BCUT2D eigenvalue weighted by molar-refractivity contribution is 5.39. The van der Waals surface area contributed by atoms with Gasteiger partial charge in [0.15, 0.2) is 0 Å². The number of hydrogen-bond donors (Lipinski definition) is 1. The predicted octanol–water partition coefficient (Wildman–Crippen LogP) is 6.03. The number of hydrogen-bond acceptors (Lipinski definition) is 1. The van der Waals surface area contributed by atoms with E-state index >= 15 is 0 Å². The Kier molecular flexibility index (Phi) is 9.19. The van der Waals surface area contributed by atoms with Crippen molar-refractivity contribution in [3.05, 3.63) is 29.3 Å². The zero-order valence-electron chi connectivity index (χ0n) is 13.5. The number of aryl methyl sites for hydroxylation is 1. The Morgan fingerprint density at radius 1 is 0.750 bits per heavy atom. The van der Waals surface area contributed by atoms with Crippen LogP contribution in [0.15, 0.2) is 18.2 Å². The van der Waals surface area contributed by atoms with E-state index in [0.29, 0.717) is 5.75 Å². The molecule has 1 N–H and O–H groups in total. The summed E-state index contributed by atoms with van der Waals surface area (Å²) >= 11 is 0. The second-order valence-electron chi connectivity index (χ2n) is 5.89. The van der Waals surface area contributed by atoms with Crippen LogP contribution >= 0.6 is 0 Å². The summed E-state index contributed by atoms with van der Waals surface area (Å²) in [5.41, 5.74) is 2.54. The quantitative estimate of drug-likeness (QED) is 0.489. The van der Waals surface area contributed by atoms with Crippen LogP contribution in [0, 0.1) is 0 Å². The molecule has 0 bridgehead atoms. The molecule has 0 unspecified atom stereocenters. The Labute approximate surface area is 125 Å². The van der Waals surface area contributed by atoms with Crippen LogP contribution in [0.25, 0.3) is 0 Å². The van der Waals surface area contributed by atoms with Crippen molar-refractivity contribution in [1.29, 1.82) is 0 Å². The maximum atomic E-state index is 10.0. The first kappa shape index (κ1) is 17.1. The number of phenols is 1. The molecule has 0 saturated carbocycles. The predicted molar refractivity (Wildman–Crippen MR) is 88.4 cm³/mol. The van der Waals surface area contributed by atoms with Crippen molar-refractivity contribution in [2.45, 2.75) is 84.5 Å². The van der Waals surface area contributed by atoms with E-state index in [1.165, 1.54) is 62.5 Å². The molecule has 0 heterocycles. The van der Waals surface area contributed by atoms with E-state index < -0.39 is 0 Å². The SMILES string of the molecule is CCCCCCCCCCc1c(O)cccc1CCC. The Hall–Kier alpha value is -0.980. The van der Waals surface area contributed by atoms with E-state index in [0.717, 1.165) is 19.3 Å². The van der Waals surface area contributed by atoms with Crippen LogP contribution in [-0.2, 0) is 12.8 Å². The third kappa shape index (κ3) is 6.45. The minimum absolute atomic E-state index is 0.499. The lowest BCUT2D eigenvalue weighted by atomic mass is 9.97. The summed E-state index contributed by atoms with van der Waals surface area (Å²) in [7, 11) is 0. The molecule has 1 nitrogen and oxygen atoms in total. The summed E-state index contributed by atoms with van der Waals surface area (Å²) in [5.74, 6) is 0.499. The molecule has 1 aromatic rings. The van der Waals surface area contributed by atoms with E-state index in [4.69, 9.17) is 0 Å². The van der Waals surface area contributed by atoms with E-state index in [9.17, 15) is 5.11 Å². The van der Waals surface area contributed by atoms with Gasteiger partial charge in [0.2, 0.25) is 0 Å². The molecular weight excluding hydrogens is 244 g/mol. The van der Waals surface area contributed by atoms with Crippen LogP contribution in [-0.4, -0.2) is 5.11 Å². The van der Waals surface area contributed by atoms with Crippen molar-refractivity contribution < 1.29 is 5.11 Å². The topological polar surface area (TPSA) is 20.2 Å². The van der Waals surface area contributed by atoms with Crippen LogP contribution in [0.2, 0.25) is 0 Å². The van der Waals surface area contributed by atoms with Gasteiger partial charge in [0.1, 0.15) is 5.75 Å². The molecule has 1 rings (SSSR count). The van der Waals surface area contributed by atoms with E-state index in [-0.39, 0.29) is 0 Å². The molecule has 1 aromatic carbocycles. The second kappa shape index (κ2) is 10.8. The van der Waals surface area contributed by atoms with Gasteiger partial charge in [-0.1, -0.05) is 77.3 Å². The first-order valence-electron chi connectivity index (χ1n) is 8.59. The van der Waals surface area contributed by atoms with Crippen LogP contribution in [0.5, 0.6) is 5.75 Å². The van der Waals surface area contributed by atoms with Crippen LogP contribution in [0.4, 0.5) is 0 Å². The molecule has 0 saturated heterocycles. The molecule has 0 aliphatic rings. The largest absolute Gasteiger partial charge is 0.508 e. The molecule has 0 aromatic heterocycles. The zero-order valence-corrected chi connectivity index (χ0v) is 13.5. The minimum atomic E-state index is 0.499. The van der Waals surface area contributed by atoms with Crippen molar-refractivity contribution >= 4 is 0 Å². The van der Waals surface area contributed by atoms with Gasteiger partial charge in [-0.2, -0.15) is 0 Å². The van der Waals surface area contributed by atoms with Gasteiger partial charge in [0, 0.05) is 0 Å². The zero-order chi connectivity index (χ0) is 14.6. The van der Waals surface area contributed by atoms with Crippen molar-refractivity contribution in [1.82, 2.24) is 0 Å². The number of aromatic hydroxyl groups is 1. The molecule has 114 valence electrons. The van der Waals surface area contributed by atoms with Gasteiger partial charge in [-0.05, 0) is 36.5 Å². The van der Waals surface area contributed by atoms with Gasteiger partial charge < -0.3 is 5.11 Å². The first-order chi connectivity index (χ1) is 9.79. The normalized spacial score (nSPS) is 10.9. The third-order valence-corrected chi connectivity index (χ3v) is 4.05. The fourth-order valence-corrected chi connectivity index (χ4v) is 2.85. The molecule has 0 aliphatic carbocycles. The molecule has 1 heteroatoms. The van der Waals surface area contributed by atoms with Crippen molar-refractivity contribution in [3.8, 4) is 5.75 Å². The van der Waals surface area contributed by atoms with Crippen LogP contribution in [0.1, 0.15) is 82.8 Å². The first-order valence-corrected chi connectivity index (χ1v) is 8.59. The molecular formula is C19H32O. The molecule has 20 heavy (non-hydrogen) atoms. The molecule has 0 fully saturated rings. The highest BCUT2D eigenvalue weighted by Crippen LogP contribution is 2.24.